The molecule has 4 nitrogen and oxygen atoms in total. The van der Waals surface area contributed by atoms with Gasteiger partial charge in [0.1, 0.15) is 0 Å². The van der Waals surface area contributed by atoms with E-state index < -0.39 is 0 Å². The van der Waals surface area contributed by atoms with Gasteiger partial charge >= 0.3 is 0 Å². The first-order chi connectivity index (χ1) is 22.8. The Balaban J connectivity index is 1.45. The lowest BCUT2D eigenvalue weighted by molar-refractivity contribution is 1.01. The highest BCUT2D eigenvalue weighted by atomic mass is 15.2. The highest BCUT2D eigenvalue weighted by molar-refractivity contribution is 6.37. The summed E-state index contributed by atoms with van der Waals surface area (Å²) in [4.78, 5) is 10.6. The van der Waals surface area contributed by atoms with Crippen LogP contribution >= 0.6 is 0 Å². The first-order valence-corrected chi connectivity index (χ1v) is 15.7. The van der Waals surface area contributed by atoms with Gasteiger partial charge in [0.05, 0.1) is 38.8 Å². The maximum Gasteiger partial charge on any atom is 0.235 e. The Hall–Kier alpha value is -6.26. The first-order valence-electron chi connectivity index (χ1n) is 15.7. The van der Waals surface area contributed by atoms with Gasteiger partial charge in [0, 0.05) is 43.3 Å². The molecule has 0 N–H and O–H groups in total. The van der Waals surface area contributed by atoms with Gasteiger partial charge in [-0.05, 0) is 41.1 Å². The SMILES string of the molecule is c1ccc(-c2nc(-n3c4cc5ccccc5c5c6ccccc6n6c7ccccc7c7ccc3c(c54)c76)nc3ccccc23)cc1. The maximum atomic E-state index is 5.38. The zero-order chi connectivity index (χ0) is 29.9. The fraction of sp³-hybridized carbons (Fsp3) is 0. The summed E-state index contributed by atoms with van der Waals surface area (Å²) in [6.45, 7) is 0. The molecule has 0 fully saturated rings. The van der Waals surface area contributed by atoms with Crippen LogP contribution in [-0.2, 0) is 0 Å². The highest BCUT2D eigenvalue weighted by Gasteiger charge is 2.25. The van der Waals surface area contributed by atoms with Crippen molar-refractivity contribution >= 4 is 81.6 Å². The predicted octanol–water partition coefficient (Wildman–Crippen LogP) is 10.7. The summed E-state index contributed by atoms with van der Waals surface area (Å²) in [5.74, 6) is 0.676. The molecule has 0 amide bonds. The number of rotatable bonds is 2. The van der Waals surface area contributed by atoms with Crippen LogP contribution in [0.3, 0.4) is 0 Å². The molecule has 11 aromatic rings. The van der Waals surface area contributed by atoms with E-state index in [0.717, 1.165) is 33.2 Å². The summed E-state index contributed by atoms with van der Waals surface area (Å²) in [6, 6.07) is 52.1. The minimum Gasteiger partial charge on any atom is -0.308 e. The van der Waals surface area contributed by atoms with Crippen molar-refractivity contribution in [3.8, 4) is 17.2 Å². The number of hydrogen-bond acceptors (Lipinski definition) is 2. The lowest BCUT2D eigenvalue weighted by Gasteiger charge is -2.12. The standard InChI is InChI=1S/C42H24N4/c1-2-12-25(13-3-1)40-30-17-6-9-19-32(30)43-42(44-40)46-35-23-22-29-28-16-7-10-20-33(28)45-34-21-11-8-18-31(34)37-27-15-5-4-14-26(27)24-36(46)38(37)39(35)41(29)45/h1-24H. The van der Waals surface area contributed by atoms with Gasteiger partial charge in [-0.1, -0.05) is 115 Å². The molecule has 46 heavy (non-hydrogen) atoms. The van der Waals surface area contributed by atoms with Crippen LogP contribution in [0.5, 0.6) is 0 Å². The van der Waals surface area contributed by atoms with Crippen molar-refractivity contribution in [3.05, 3.63) is 146 Å². The third kappa shape index (κ3) is 2.98. The molecule has 4 heteroatoms. The van der Waals surface area contributed by atoms with Crippen molar-refractivity contribution in [1.29, 1.82) is 0 Å². The molecule has 0 spiro atoms. The Morgan fingerprint density at radius 2 is 1.09 bits per heavy atom. The molecule has 0 saturated carbocycles. The number of benzene rings is 7. The van der Waals surface area contributed by atoms with Crippen LogP contribution in [0.1, 0.15) is 0 Å². The van der Waals surface area contributed by atoms with E-state index in [1.807, 2.05) is 6.07 Å². The van der Waals surface area contributed by atoms with Crippen LogP contribution in [0, 0.1) is 0 Å². The van der Waals surface area contributed by atoms with Gasteiger partial charge in [-0.15, -0.1) is 0 Å². The Morgan fingerprint density at radius 1 is 0.413 bits per heavy atom. The third-order valence-electron chi connectivity index (χ3n) is 9.83. The number of nitrogens with zero attached hydrogens (tertiary/aromatic N) is 4. The van der Waals surface area contributed by atoms with Crippen molar-refractivity contribution in [3.63, 3.8) is 0 Å². The molecule has 4 heterocycles. The van der Waals surface area contributed by atoms with E-state index in [4.69, 9.17) is 9.97 Å². The molecule has 0 aliphatic heterocycles. The van der Waals surface area contributed by atoms with E-state index in [-0.39, 0.29) is 0 Å². The number of aromatic nitrogens is 4. The van der Waals surface area contributed by atoms with Crippen LogP contribution in [-0.4, -0.2) is 18.9 Å². The lowest BCUT2D eigenvalue weighted by Crippen LogP contribution is -2.03. The van der Waals surface area contributed by atoms with Crippen LogP contribution < -0.4 is 0 Å². The molecule has 0 bridgehead atoms. The molecule has 7 aromatic carbocycles. The van der Waals surface area contributed by atoms with Crippen LogP contribution in [0.25, 0.3) is 98.8 Å². The first kappa shape index (κ1) is 24.1. The second-order valence-corrected chi connectivity index (χ2v) is 12.2. The normalized spacial score (nSPS) is 12.3. The van der Waals surface area contributed by atoms with E-state index in [1.54, 1.807) is 0 Å². The molecular formula is C42H24N4. The van der Waals surface area contributed by atoms with Crippen LogP contribution in [0.15, 0.2) is 146 Å². The molecule has 0 atom stereocenters. The summed E-state index contributed by atoms with van der Waals surface area (Å²) in [7, 11) is 0. The zero-order valence-electron chi connectivity index (χ0n) is 24.6. The Morgan fingerprint density at radius 3 is 1.93 bits per heavy atom. The molecule has 0 aliphatic carbocycles. The number of fused-ring (bicyclic) bond motifs is 9. The maximum absolute atomic E-state index is 5.38. The van der Waals surface area contributed by atoms with Gasteiger partial charge in [-0.2, -0.15) is 0 Å². The summed E-state index contributed by atoms with van der Waals surface area (Å²) >= 11 is 0. The molecule has 0 radical (unpaired) electrons. The lowest BCUT2D eigenvalue weighted by atomic mass is 9.98. The fourth-order valence-electron chi connectivity index (χ4n) is 7.98. The van der Waals surface area contributed by atoms with E-state index >= 15 is 0 Å². The molecule has 212 valence electrons. The molecule has 11 rings (SSSR count). The third-order valence-corrected chi connectivity index (χ3v) is 9.83. The minimum absolute atomic E-state index is 0.676. The van der Waals surface area contributed by atoms with Gasteiger partial charge in [0.25, 0.3) is 0 Å². The van der Waals surface area contributed by atoms with Crippen molar-refractivity contribution < 1.29 is 0 Å². The summed E-state index contributed by atoms with van der Waals surface area (Å²) in [5, 5.41) is 11.0. The van der Waals surface area contributed by atoms with Gasteiger partial charge in [0.15, 0.2) is 0 Å². The average molecular weight is 585 g/mol. The van der Waals surface area contributed by atoms with E-state index in [2.05, 4.69) is 148 Å². The molecule has 0 aliphatic rings. The van der Waals surface area contributed by atoms with Crippen LogP contribution in [0.4, 0.5) is 0 Å². The van der Waals surface area contributed by atoms with Crippen molar-refractivity contribution in [2.45, 2.75) is 0 Å². The van der Waals surface area contributed by atoms with Gasteiger partial charge in [-0.3, -0.25) is 4.57 Å². The largest absolute Gasteiger partial charge is 0.308 e. The topological polar surface area (TPSA) is 35.1 Å². The summed E-state index contributed by atoms with van der Waals surface area (Å²) in [6.07, 6.45) is 0. The van der Waals surface area contributed by atoms with Crippen molar-refractivity contribution in [2.75, 3.05) is 0 Å². The van der Waals surface area contributed by atoms with Crippen molar-refractivity contribution in [2.24, 2.45) is 0 Å². The van der Waals surface area contributed by atoms with Crippen molar-refractivity contribution in [1.82, 2.24) is 18.9 Å². The molecule has 0 saturated heterocycles. The van der Waals surface area contributed by atoms with Crippen LogP contribution in [0.2, 0.25) is 0 Å². The average Bonchev–Trinajstić information content (AvgIpc) is 3.58. The van der Waals surface area contributed by atoms with Gasteiger partial charge in [-0.25, -0.2) is 9.97 Å². The zero-order valence-corrected chi connectivity index (χ0v) is 24.6. The predicted molar refractivity (Wildman–Crippen MR) is 191 cm³/mol. The van der Waals surface area contributed by atoms with E-state index in [0.29, 0.717) is 5.95 Å². The Labute approximate surface area is 262 Å². The molecule has 0 unspecified atom stereocenters. The number of hydrogen-bond donors (Lipinski definition) is 0. The van der Waals surface area contributed by atoms with Gasteiger partial charge in [0.2, 0.25) is 5.95 Å². The Kier molecular flexibility index (Phi) is 4.55. The Bertz CT molecular complexity index is 3020. The fourth-order valence-corrected chi connectivity index (χ4v) is 7.98. The monoisotopic (exact) mass is 584 g/mol. The highest BCUT2D eigenvalue weighted by Crippen LogP contribution is 2.47. The van der Waals surface area contributed by atoms with Gasteiger partial charge < -0.3 is 4.40 Å². The molecule has 4 aromatic heterocycles. The smallest absolute Gasteiger partial charge is 0.235 e. The van der Waals surface area contributed by atoms with E-state index in [1.165, 1.54) is 59.6 Å². The second-order valence-electron chi connectivity index (χ2n) is 12.2. The summed E-state index contributed by atoms with van der Waals surface area (Å²) < 4.78 is 4.78. The summed E-state index contributed by atoms with van der Waals surface area (Å²) in [5.41, 5.74) is 8.79. The number of para-hydroxylation sites is 3. The minimum atomic E-state index is 0.676. The molecular weight excluding hydrogens is 560 g/mol. The second kappa shape index (κ2) is 8.68. The quantitative estimate of drug-likeness (QED) is 0.203. The van der Waals surface area contributed by atoms with E-state index in [9.17, 15) is 0 Å².